The molecule has 0 atom stereocenters. The number of anilines is 1. The predicted molar refractivity (Wildman–Crippen MR) is 79.9 cm³/mol. The molecule has 1 saturated carbocycles. The molecule has 0 radical (unpaired) electrons. The van der Waals surface area contributed by atoms with Crippen molar-refractivity contribution in [3.8, 4) is 0 Å². The van der Waals surface area contributed by atoms with Crippen LogP contribution in [0, 0.1) is 5.92 Å². The molecule has 110 valence electrons. The van der Waals surface area contributed by atoms with Gasteiger partial charge in [0.2, 0.25) is 5.91 Å². The fourth-order valence-corrected chi connectivity index (χ4v) is 3.19. The number of hydrogen-bond donors (Lipinski definition) is 2. The number of thiazole rings is 1. The first-order chi connectivity index (χ1) is 9.38. The smallest absolute Gasteiger partial charge is 0.271 e. The fourth-order valence-electron chi connectivity index (χ4n) is 2.45. The first-order valence-electron chi connectivity index (χ1n) is 6.93. The van der Waals surface area contributed by atoms with Crippen LogP contribution in [0.15, 0.2) is 5.38 Å². The number of aromatic nitrogens is 1. The molecule has 1 heterocycles. The Kier molecular flexibility index (Phi) is 4.42. The maximum atomic E-state index is 12.2. The van der Waals surface area contributed by atoms with Crippen LogP contribution < -0.4 is 10.6 Å². The molecule has 2 amide bonds. The Morgan fingerprint density at radius 2 is 2.05 bits per heavy atom. The van der Waals surface area contributed by atoms with Crippen molar-refractivity contribution in [3.63, 3.8) is 0 Å². The molecule has 0 aromatic carbocycles. The molecule has 0 aliphatic heterocycles. The molecule has 1 aromatic rings. The van der Waals surface area contributed by atoms with Gasteiger partial charge in [-0.1, -0.05) is 6.92 Å². The summed E-state index contributed by atoms with van der Waals surface area (Å²) in [6, 6.07) is 0. The Morgan fingerprint density at radius 3 is 2.65 bits per heavy atom. The normalized spacial score (nSPS) is 26.1. The first kappa shape index (κ1) is 15.0. The average Bonchev–Trinajstić information content (AvgIpc) is 2.81. The summed E-state index contributed by atoms with van der Waals surface area (Å²) < 4.78 is 0. The van der Waals surface area contributed by atoms with Crippen LogP contribution in [0.4, 0.5) is 5.13 Å². The minimum absolute atomic E-state index is 0.138. The van der Waals surface area contributed by atoms with E-state index in [0.29, 0.717) is 10.8 Å². The predicted octanol–water partition coefficient (Wildman–Crippen LogP) is 2.80. The average molecular weight is 295 g/mol. The van der Waals surface area contributed by atoms with Crippen molar-refractivity contribution in [1.29, 1.82) is 0 Å². The molecule has 0 saturated heterocycles. The van der Waals surface area contributed by atoms with Crippen LogP contribution in [0.1, 0.15) is 56.9 Å². The van der Waals surface area contributed by atoms with E-state index in [2.05, 4.69) is 29.5 Å². The topological polar surface area (TPSA) is 71.1 Å². The minimum atomic E-state index is -0.181. The van der Waals surface area contributed by atoms with Gasteiger partial charge in [0.15, 0.2) is 5.13 Å². The van der Waals surface area contributed by atoms with E-state index in [-0.39, 0.29) is 17.4 Å². The third-order valence-electron chi connectivity index (χ3n) is 3.81. The second-order valence-electron chi connectivity index (χ2n) is 5.92. The molecule has 1 aliphatic rings. The summed E-state index contributed by atoms with van der Waals surface area (Å²) in [7, 11) is 0. The Bertz CT molecular complexity index is 504. The van der Waals surface area contributed by atoms with Gasteiger partial charge in [-0.25, -0.2) is 4.98 Å². The minimum Gasteiger partial charge on any atom is -0.346 e. The molecule has 1 aromatic heterocycles. The van der Waals surface area contributed by atoms with Gasteiger partial charge in [-0.3, -0.25) is 9.59 Å². The molecular formula is C14H21N3O2S. The number of nitrogens with one attached hydrogen (secondary N) is 2. The second-order valence-corrected chi connectivity index (χ2v) is 6.77. The van der Waals surface area contributed by atoms with Crippen molar-refractivity contribution in [2.24, 2.45) is 5.92 Å². The highest BCUT2D eigenvalue weighted by Gasteiger charge is 2.31. The summed E-state index contributed by atoms with van der Waals surface area (Å²) in [4.78, 5) is 27.3. The van der Waals surface area contributed by atoms with Gasteiger partial charge in [-0.05, 0) is 38.5 Å². The van der Waals surface area contributed by atoms with E-state index in [0.717, 1.165) is 31.6 Å². The molecule has 20 heavy (non-hydrogen) atoms. The zero-order valence-electron chi connectivity index (χ0n) is 12.2. The number of amides is 2. The van der Waals surface area contributed by atoms with E-state index in [4.69, 9.17) is 0 Å². The van der Waals surface area contributed by atoms with Crippen LogP contribution in [-0.2, 0) is 4.79 Å². The molecule has 0 spiro atoms. The Labute approximate surface area is 123 Å². The number of nitrogens with zero attached hydrogens (tertiary/aromatic N) is 1. The summed E-state index contributed by atoms with van der Waals surface area (Å²) in [5, 5.41) is 7.82. The van der Waals surface area contributed by atoms with Crippen LogP contribution in [0.3, 0.4) is 0 Å². The van der Waals surface area contributed by atoms with E-state index >= 15 is 0 Å². The lowest BCUT2D eigenvalue weighted by Crippen LogP contribution is -2.48. The standard InChI is InChI=1S/C14H21N3O2S/c1-9-4-6-14(3,7-5-9)17-12(19)11-8-20-13(16-11)15-10(2)18/h8-9H,4-7H2,1-3H3,(H,17,19)(H,15,16,18). The lowest BCUT2D eigenvalue weighted by atomic mass is 9.78. The number of carbonyl (C=O) groups excluding carboxylic acids is 2. The molecular weight excluding hydrogens is 274 g/mol. The van der Waals surface area contributed by atoms with E-state index in [1.165, 1.54) is 18.3 Å². The van der Waals surface area contributed by atoms with Gasteiger partial charge in [-0.15, -0.1) is 11.3 Å². The van der Waals surface area contributed by atoms with Crippen molar-refractivity contribution in [2.75, 3.05) is 5.32 Å². The maximum absolute atomic E-state index is 12.2. The monoisotopic (exact) mass is 295 g/mol. The van der Waals surface area contributed by atoms with Crippen LogP contribution in [0.5, 0.6) is 0 Å². The van der Waals surface area contributed by atoms with E-state index in [9.17, 15) is 9.59 Å². The fraction of sp³-hybridized carbons (Fsp3) is 0.643. The largest absolute Gasteiger partial charge is 0.346 e. The summed E-state index contributed by atoms with van der Waals surface area (Å²) in [5.41, 5.74) is 0.236. The highest BCUT2D eigenvalue weighted by Crippen LogP contribution is 2.31. The highest BCUT2D eigenvalue weighted by atomic mass is 32.1. The summed E-state index contributed by atoms with van der Waals surface area (Å²) >= 11 is 1.26. The van der Waals surface area contributed by atoms with Gasteiger partial charge in [0, 0.05) is 17.8 Å². The number of rotatable bonds is 3. The highest BCUT2D eigenvalue weighted by molar-refractivity contribution is 7.14. The van der Waals surface area contributed by atoms with Gasteiger partial charge in [0.25, 0.3) is 5.91 Å². The number of carbonyl (C=O) groups is 2. The zero-order valence-corrected chi connectivity index (χ0v) is 13.0. The van der Waals surface area contributed by atoms with Crippen LogP contribution in [0.25, 0.3) is 0 Å². The summed E-state index contributed by atoms with van der Waals surface area (Å²) in [6.45, 7) is 5.77. The summed E-state index contributed by atoms with van der Waals surface area (Å²) in [6.07, 6.45) is 4.29. The first-order valence-corrected chi connectivity index (χ1v) is 7.81. The van der Waals surface area contributed by atoms with Gasteiger partial charge >= 0.3 is 0 Å². The summed E-state index contributed by atoms with van der Waals surface area (Å²) in [5.74, 6) is 0.403. The van der Waals surface area contributed by atoms with E-state index in [1.54, 1.807) is 5.38 Å². The molecule has 5 nitrogen and oxygen atoms in total. The lowest BCUT2D eigenvalue weighted by molar-refractivity contribution is -0.114. The molecule has 0 unspecified atom stereocenters. The number of hydrogen-bond acceptors (Lipinski definition) is 4. The van der Waals surface area contributed by atoms with Crippen molar-refractivity contribution in [1.82, 2.24) is 10.3 Å². The SMILES string of the molecule is CC(=O)Nc1nc(C(=O)NC2(C)CCC(C)CC2)cs1. The Morgan fingerprint density at radius 1 is 1.40 bits per heavy atom. The van der Waals surface area contributed by atoms with Crippen molar-refractivity contribution in [3.05, 3.63) is 11.1 Å². The van der Waals surface area contributed by atoms with Crippen molar-refractivity contribution >= 4 is 28.3 Å². The van der Waals surface area contributed by atoms with Crippen LogP contribution >= 0.6 is 11.3 Å². The quantitative estimate of drug-likeness (QED) is 0.900. The van der Waals surface area contributed by atoms with Gasteiger partial charge in [0.1, 0.15) is 5.69 Å². The Balaban J connectivity index is 1.97. The molecule has 6 heteroatoms. The van der Waals surface area contributed by atoms with E-state index < -0.39 is 0 Å². The van der Waals surface area contributed by atoms with Gasteiger partial charge in [-0.2, -0.15) is 0 Å². The van der Waals surface area contributed by atoms with E-state index in [1.807, 2.05) is 0 Å². The zero-order chi connectivity index (χ0) is 14.8. The van der Waals surface area contributed by atoms with Crippen LogP contribution in [-0.4, -0.2) is 22.3 Å². The van der Waals surface area contributed by atoms with Crippen molar-refractivity contribution in [2.45, 2.75) is 52.0 Å². The van der Waals surface area contributed by atoms with Gasteiger partial charge < -0.3 is 10.6 Å². The van der Waals surface area contributed by atoms with Crippen LogP contribution in [0.2, 0.25) is 0 Å². The molecule has 2 N–H and O–H groups in total. The van der Waals surface area contributed by atoms with Gasteiger partial charge in [0.05, 0.1) is 0 Å². The van der Waals surface area contributed by atoms with Crippen molar-refractivity contribution < 1.29 is 9.59 Å². The molecule has 1 aliphatic carbocycles. The lowest BCUT2D eigenvalue weighted by Gasteiger charge is -2.36. The maximum Gasteiger partial charge on any atom is 0.271 e. The molecule has 0 bridgehead atoms. The second kappa shape index (κ2) is 5.91. The third kappa shape index (κ3) is 3.79. The molecule has 1 fully saturated rings. The Hall–Kier alpha value is -1.43. The third-order valence-corrected chi connectivity index (χ3v) is 4.57. The molecule has 2 rings (SSSR count).